The zero-order valence-electron chi connectivity index (χ0n) is 28.5. The van der Waals surface area contributed by atoms with Gasteiger partial charge in [0.15, 0.2) is 25.2 Å². The van der Waals surface area contributed by atoms with Gasteiger partial charge in [-0.05, 0) is 60.7 Å². The number of esters is 2. The SMILES string of the molecule is O=C(O)c1ccc2oc(C=CC=C3Oc4ccc(C(O)O)cc4N3CCOC(=O)c3ccccc3C(=O)O)[n+](CCOC(=O)c3ccccc3C(=O)O)c2c1. The molecule has 1 aromatic heterocycles. The first kappa shape index (κ1) is 37.5. The van der Waals surface area contributed by atoms with Gasteiger partial charge in [0.25, 0.3) is 5.52 Å². The maximum absolute atomic E-state index is 12.8. The molecule has 0 fully saturated rings. The summed E-state index contributed by atoms with van der Waals surface area (Å²) in [6, 6.07) is 19.9. The van der Waals surface area contributed by atoms with Crippen molar-refractivity contribution in [1.82, 2.24) is 0 Å². The predicted molar refractivity (Wildman–Crippen MR) is 189 cm³/mol. The number of benzene rings is 4. The van der Waals surface area contributed by atoms with E-state index >= 15 is 0 Å². The zero-order chi connectivity index (χ0) is 39.2. The van der Waals surface area contributed by atoms with Gasteiger partial charge < -0.3 is 49.1 Å². The van der Waals surface area contributed by atoms with E-state index in [0.717, 1.165) is 0 Å². The average molecular weight is 752 g/mol. The molecule has 16 nitrogen and oxygen atoms in total. The number of aromatic carboxylic acids is 3. The number of hydrogen-bond donors (Lipinski definition) is 5. The Balaban J connectivity index is 1.26. The summed E-state index contributed by atoms with van der Waals surface area (Å²) in [6.07, 6.45) is 2.83. The molecule has 0 aliphatic carbocycles. The number of carboxylic acid groups (broad SMARTS) is 3. The second-order valence-corrected chi connectivity index (χ2v) is 11.8. The van der Waals surface area contributed by atoms with E-state index in [2.05, 4.69) is 0 Å². The fourth-order valence-corrected chi connectivity index (χ4v) is 5.74. The van der Waals surface area contributed by atoms with E-state index in [4.69, 9.17) is 18.6 Å². The van der Waals surface area contributed by atoms with Crippen LogP contribution in [0, 0.1) is 0 Å². The van der Waals surface area contributed by atoms with Gasteiger partial charge in [-0.25, -0.2) is 24.0 Å². The van der Waals surface area contributed by atoms with E-state index in [1.54, 1.807) is 21.6 Å². The normalized spacial score (nSPS) is 12.9. The number of carbonyl (C=O) groups excluding carboxylic acids is 2. The molecule has 0 radical (unpaired) electrons. The highest BCUT2D eigenvalue weighted by Crippen LogP contribution is 2.40. The summed E-state index contributed by atoms with van der Waals surface area (Å²) in [5.41, 5.74) is 0.497. The van der Waals surface area contributed by atoms with Crippen LogP contribution in [0.2, 0.25) is 0 Å². The van der Waals surface area contributed by atoms with Gasteiger partial charge in [0.05, 0.1) is 46.1 Å². The number of fused-ring (bicyclic) bond motifs is 2. The van der Waals surface area contributed by atoms with Crippen molar-refractivity contribution >= 4 is 52.7 Å². The summed E-state index contributed by atoms with van der Waals surface area (Å²) in [6.45, 7) is -0.499. The first-order valence-electron chi connectivity index (χ1n) is 16.5. The molecule has 55 heavy (non-hydrogen) atoms. The molecule has 4 aromatic carbocycles. The molecule has 6 rings (SSSR count). The maximum Gasteiger partial charge on any atom is 0.374 e. The van der Waals surface area contributed by atoms with Crippen LogP contribution in [0.25, 0.3) is 17.2 Å². The summed E-state index contributed by atoms with van der Waals surface area (Å²) < 4.78 is 24.4. The van der Waals surface area contributed by atoms with Gasteiger partial charge in [-0.3, -0.25) is 0 Å². The van der Waals surface area contributed by atoms with Crippen LogP contribution < -0.4 is 14.2 Å². The van der Waals surface area contributed by atoms with Gasteiger partial charge in [-0.15, -0.1) is 0 Å². The van der Waals surface area contributed by atoms with Crippen LogP contribution in [0.5, 0.6) is 5.75 Å². The Morgan fingerprint density at radius 3 is 1.96 bits per heavy atom. The first-order valence-corrected chi connectivity index (χ1v) is 16.5. The summed E-state index contributed by atoms with van der Waals surface area (Å²) in [7, 11) is 0. The summed E-state index contributed by atoms with van der Waals surface area (Å²) in [5, 5.41) is 48.1. The standard InChI is InChI=1S/C39H30N2O14/c42-34(43)22-12-14-30-28(20-22)40(16-18-52-38(50)26-8-3-1-6-24(26)36(46)47)32(54-30)10-5-11-33-41(29-21-23(35(44)45)13-15-31(29)55-33)17-19-53-39(51)27-9-4-2-7-25(27)37(48)49/h1-15,20-21,34,42-43H,16-19H2,(H2-,44,45,46,47,48,49)/p+1. The molecular formula is C39H31N2O14+. The topological polar surface area (TPSA) is 234 Å². The van der Waals surface area contributed by atoms with Crippen LogP contribution in [-0.4, -0.2) is 75.1 Å². The number of nitrogens with zero attached hydrogens (tertiary/aromatic N) is 2. The van der Waals surface area contributed by atoms with E-state index in [1.165, 1.54) is 91.0 Å². The Kier molecular flexibility index (Phi) is 11.0. The molecule has 280 valence electrons. The highest BCUT2D eigenvalue weighted by molar-refractivity contribution is 6.03. The third kappa shape index (κ3) is 8.20. The lowest BCUT2D eigenvalue weighted by Gasteiger charge is -2.19. The van der Waals surface area contributed by atoms with E-state index in [1.807, 2.05) is 0 Å². The number of hydrogen-bond acceptors (Lipinski definition) is 12. The number of ether oxygens (including phenoxy) is 3. The number of aliphatic hydroxyl groups excluding tert-OH is 1. The minimum atomic E-state index is -1.79. The molecule has 0 saturated carbocycles. The van der Waals surface area contributed by atoms with Gasteiger partial charge in [-0.2, -0.15) is 4.57 Å². The molecule has 0 spiro atoms. The van der Waals surface area contributed by atoms with Gasteiger partial charge in [-0.1, -0.05) is 30.3 Å². The molecule has 0 unspecified atom stereocenters. The second kappa shape index (κ2) is 16.2. The highest BCUT2D eigenvalue weighted by atomic mass is 16.5. The number of aromatic nitrogens is 1. The van der Waals surface area contributed by atoms with Gasteiger partial charge in [0, 0.05) is 11.6 Å². The molecular weight excluding hydrogens is 720 g/mol. The lowest BCUT2D eigenvalue weighted by Crippen LogP contribution is -2.38. The third-order valence-corrected chi connectivity index (χ3v) is 8.36. The van der Waals surface area contributed by atoms with Crippen molar-refractivity contribution in [3.63, 3.8) is 0 Å². The molecule has 0 bridgehead atoms. The van der Waals surface area contributed by atoms with Crippen LogP contribution in [0.1, 0.15) is 69.5 Å². The van der Waals surface area contributed by atoms with Crippen LogP contribution in [0.3, 0.4) is 0 Å². The quantitative estimate of drug-likeness (QED) is 0.0606. The van der Waals surface area contributed by atoms with E-state index in [0.29, 0.717) is 22.5 Å². The molecule has 1 aliphatic heterocycles. The minimum Gasteiger partial charge on any atom is -0.478 e. The molecule has 0 atom stereocenters. The Morgan fingerprint density at radius 1 is 0.745 bits per heavy atom. The number of carboxylic acids is 3. The molecule has 1 aliphatic rings. The van der Waals surface area contributed by atoms with Crippen molar-refractivity contribution in [2.75, 3.05) is 24.7 Å². The third-order valence-electron chi connectivity index (χ3n) is 8.36. The van der Waals surface area contributed by atoms with Crippen molar-refractivity contribution in [3.8, 4) is 5.75 Å². The Bertz CT molecular complexity index is 2390. The van der Waals surface area contributed by atoms with E-state index < -0.39 is 36.1 Å². The van der Waals surface area contributed by atoms with Crippen molar-refractivity contribution in [3.05, 3.63) is 142 Å². The average Bonchev–Trinajstić information content (AvgIpc) is 3.70. The fourth-order valence-electron chi connectivity index (χ4n) is 5.74. The number of carbonyl (C=O) groups is 5. The summed E-state index contributed by atoms with van der Waals surface area (Å²) in [5.74, 6) is -4.73. The number of anilines is 1. The van der Waals surface area contributed by atoms with Gasteiger partial charge in [0.2, 0.25) is 11.5 Å². The van der Waals surface area contributed by atoms with Crippen molar-refractivity contribution < 1.29 is 72.7 Å². The number of oxazole rings is 1. The van der Waals surface area contributed by atoms with Crippen LogP contribution in [-0.2, 0) is 16.0 Å². The van der Waals surface area contributed by atoms with Crippen molar-refractivity contribution in [2.45, 2.75) is 12.8 Å². The predicted octanol–water partition coefficient (Wildman–Crippen LogP) is 4.27. The van der Waals surface area contributed by atoms with Gasteiger partial charge in [0.1, 0.15) is 6.61 Å². The zero-order valence-corrected chi connectivity index (χ0v) is 28.5. The smallest absolute Gasteiger partial charge is 0.374 e. The van der Waals surface area contributed by atoms with Crippen LogP contribution in [0.4, 0.5) is 5.69 Å². The summed E-state index contributed by atoms with van der Waals surface area (Å²) >= 11 is 0. The highest BCUT2D eigenvalue weighted by Gasteiger charge is 2.29. The van der Waals surface area contributed by atoms with Crippen LogP contribution >= 0.6 is 0 Å². The van der Waals surface area contributed by atoms with E-state index in [9.17, 15) is 49.5 Å². The number of aliphatic hydroxyl groups is 2. The lowest BCUT2D eigenvalue weighted by molar-refractivity contribution is -0.679. The second-order valence-electron chi connectivity index (χ2n) is 11.8. The van der Waals surface area contributed by atoms with Crippen molar-refractivity contribution in [1.29, 1.82) is 0 Å². The molecule has 16 heteroatoms. The summed E-state index contributed by atoms with van der Waals surface area (Å²) in [4.78, 5) is 62.2. The monoisotopic (exact) mass is 751 g/mol. The lowest BCUT2D eigenvalue weighted by atomic mass is 10.1. The van der Waals surface area contributed by atoms with Gasteiger partial charge >= 0.3 is 35.7 Å². The number of rotatable bonds is 14. The maximum atomic E-state index is 12.8. The molecule has 2 heterocycles. The molecule has 0 amide bonds. The van der Waals surface area contributed by atoms with E-state index in [-0.39, 0.29) is 71.5 Å². The minimum absolute atomic E-state index is 0.00237. The Labute approximate surface area is 310 Å². The molecule has 0 saturated heterocycles. The van der Waals surface area contributed by atoms with Crippen LogP contribution in [0.15, 0.2) is 107 Å². The molecule has 5 N–H and O–H groups in total. The van der Waals surface area contributed by atoms with Crippen molar-refractivity contribution in [2.24, 2.45) is 0 Å². The largest absolute Gasteiger partial charge is 0.478 e. The Morgan fingerprint density at radius 2 is 1.36 bits per heavy atom. The Hall–Kier alpha value is -7.30. The fraction of sp³-hybridized carbons (Fsp3) is 0.128. The molecule has 5 aromatic rings. The first-order chi connectivity index (χ1) is 26.4. The number of allylic oxidation sites excluding steroid dienone is 2.